The van der Waals surface area contributed by atoms with Gasteiger partial charge in [0.05, 0.1) is 11.6 Å². The molecule has 0 saturated carbocycles. The number of hydrogen-bond donors (Lipinski definition) is 0. The van der Waals surface area contributed by atoms with Crippen LogP contribution in [-0.2, 0) is 4.74 Å². The van der Waals surface area contributed by atoms with Crippen molar-refractivity contribution in [3.63, 3.8) is 0 Å². The Bertz CT molecular complexity index is 991. The summed E-state index contributed by atoms with van der Waals surface area (Å²) in [5.74, 6) is 0.516. The van der Waals surface area contributed by atoms with Gasteiger partial charge in [-0.1, -0.05) is 18.2 Å². The molecule has 1 amide bonds. The maximum atomic E-state index is 12.4. The highest BCUT2D eigenvalue weighted by Gasteiger charge is 2.33. The number of likely N-dealkylation sites (tertiary alicyclic amines) is 1. The van der Waals surface area contributed by atoms with Crippen LogP contribution in [0.4, 0.5) is 4.79 Å². The third kappa shape index (κ3) is 5.96. The summed E-state index contributed by atoms with van der Waals surface area (Å²) in [6.07, 6.45) is 0.865. The van der Waals surface area contributed by atoms with Gasteiger partial charge in [0.25, 0.3) is 0 Å². The monoisotopic (exact) mass is 418 g/mol. The number of rotatable bonds is 4. The quantitative estimate of drug-likeness (QED) is 0.720. The van der Waals surface area contributed by atoms with Crippen molar-refractivity contribution in [3.05, 3.63) is 59.3 Å². The second kappa shape index (κ2) is 9.49. The molecule has 1 saturated heterocycles. The lowest BCUT2D eigenvalue weighted by atomic mass is 9.87. The Balaban J connectivity index is 1.77. The lowest BCUT2D eigenvalue weighted by Gasteiger charge is -2.36. The number of nitriles is 2. The van der Waals surface area contributed by atoms with Gasteiger partial charge >= 0.3 is 6.09 Å². The molecule has 1 fully saturated rings. The van der Waals surface area contributed by atoms with Gasteiger partial charge in [-0.25, -0.2) is 9.78 Å². The van der Waals surface area contributed by atoms with E-state index in [4.69, 9.17) is 20.0 Å². The molecule has 0 aliphatic carbocycles. The van der Waals surface area contributed by atoms with Gasteiger partial charge in [0.15, 0.2) is 0 Å². The Hall–Kier alpha value is -3.58. The van der Waals surface area contributed by atoms with Crippen LogP contribution < -0.4 is 4.74 Å². The molecule has 2 aromatic rings. The predicted octanol–water partition coefficient (Wildman–Crippen LogP) is 4.59. The Labute approximate surface area is 182 Å². The number of aromatic nitrogens is 1. The highest BCUT2D eigenvalue weighted by Crippen LogP contribution is 2.35. The van der Waals surface area contributed by atoms with E-state index in [1.54, 1.807) is 35.2 Å². The molecule has 160 valence electrons. The maximum Gasteiger partial charge on any atom is 0.410 e. The molecule has 1 aromatic carbocycles. The first kappa shape index (κ1) is 22.1. The second-order valence-electron chi connectivity index (χ2n) is 8.55. The predicted molar refractivity (Wildman–Crippen MR) is 114 cm³/mol. The van der Waals surface area contributed by atoms with Crippen LogP contribution in [0.15, 0.2) is 42.5 Å². The number of nitrogens with zero attached hydrogens (tertiary/aromatic N) is 4. The van der Waals surface area contributed by atoms with E-state index in [0.29, 0.717) is 24.5 Å². The number of piperidine rings is 1. The molecule has 1 unspecified atom stereocenters. The number of carbonyl (C=O) groups excluding carboxylic acids is 1. The van der Waals surface area contributed by atoms with Crippen LogP contribution in [0, 0.1) is 28.6 Å². The summed E-state index contributed by atoms with van der Waals surface area (Å²) in [7, 11) is 0. The average molecular weight is 418 g/mol. The fourth-order valence-corrected chi connectivity index (χ4v) is 3.57. The SMILES string of the molecule is CC(C)(C)OC(=O)N1CCC(C(Oc2cccc(C#N)n2)c2ccc(C#N)cc2)CC1. The van der Waals surface area contributed by atoms with Crippen LogP contribution in [0.25, 0.3) is 0 Å². The summed E-state index contributed by atoms with van der Waals surface area (Å²) < 4.78 is 11.7. The van der Waals surface area contributed by atoms with E-state index in [0.717, 1.165) is 18.4 Å². The molecule has 0 N–H and O–H groups in total. The van der Waals surface area contributed by atoms with E-state index >= 15 is 0 Å². The van der Waals surface area contributed by atoms with Gasteiger partial charge in [0.1, 0.15) is 23.5 Å². The lowest BCUT2D eigenvalue weighted by molar-refractivity contribution is 0.0102. The number of carbonyl (C=O) groups is 1. The van der Waals surface area contributed by atoms with E-state index in [9.17, 15) is 4.79 Å². The van der Waals surface area contributed by atoms with Crippen molar-refractivity contribution in [3.8, 4) is 18.0 Å². The van der Waals surface area contributed by atoms with Gasteiger partial charge in [-0.2, -0.15) is 10.5 Å². The molecule has 0 spiro atoms. The van der Waals surface area contributed by atoms with Crippen LogP contribution in [0.3, 0.4) is 0 Å². The molecule has 1 atom stereocenters. The summed E-state index contributed by atoms with van der Waals surface area (Å²) in [5.41, 5.74) is 1.26. The van der Waals surface area contributed by atoms with E-state index in [-0.39, 0.29) is 23.8 Å². The molecule has 1 aliphatic heterocycles. The summed E-state index contributed by atoms with van der Waals surface area (Å²) >= 11 is 0. The summed E-state index contributed by atoms with van der Waals surface area (Å²) in [4.78, 5) is 18.4. The molecule has 3 rings (SSSR count). The van der Waals surface area contributed by atoms with Crippen molar-refractivity contribution >= 4 is 6.09 Å². The van der Waals surface area contributed by atoms with Crippen molar-refractivity contribution < 1.29 is 14.3 Å². The zero-order valence-electron chi connectivity index (χ0n) is 18.0. The Kier molecular flexibility index (Phi) is 6.77. The number of amides is 1. The van der Waals surface area contributed by atoms with E-state index in [1.165, 1.54) is 0 Å². The van der Waals surface area contributed by atoms with E-state index < -0.39 is 5.60 Å². The zero-order chi connectivity index (χ0) is 22.4. The number of ether oxygens (including phenoxy) is 2. The molecule has 1 aromatic heterocycles. The molecule has 7 nitrogen and oxygen atoms in total. The second-order valence-corrected chi connectivity index (χ2v) is 8.55. The van der Waals surface area contributed by atoms with Gasteiger partial charge in [-0.15, -0.1) is 0 Å². The largest absolute Gasteiger partial charge is 0.469 e. The van der Waals surface area contributed by atoms with Gasteiger partial charge < -0.3 is 14.4 Å². The van der Waals surface area contributed by atoms with Crippen molar-refractivity contribution in [2.24, 2.45) is 5.92 Å². The van der Waals surface area contributed by atoms with Crippen LogP contribution >= 0.6 is 0 Å². The Morgan fingerprint density at radius 3 is 2.35 bits per heavy atom. The van der Waals surface area contributed by atoms with Crippen LogP contribution in [0.1, 0.15) is 56.5 Å². The molecular weight excluding hydrogens is 392 g/mol. The van der Waals surface area contributed by atoms with Gasteiger partial charge in [-0.05, 0) is 57.4 Å². The third-order valence-electron chi connectivity index (χ3n) is 5.07. The van der Waals surface area contributed by atoms with Crippen molar-refractivity contribution in [2.75, 3.05) is 13.1 Å². The standard InChI is InChI=1S/C24H26N4O3/c1-24(2,3)31-23(29)28-13-11-19(12-14-28)22(18-9-7-17(15-25)8-10-18)30-21-6-4-5-20(16-26)27-21/h4-10,19,22H,11-14H2,1-3H3. The summed E-state index contributed by atoms with van der Waals surface area (Å²) in [5, 5.41) is 18.2. The number of benzene rings is 1. The van der Waals surface area contributed by atoms with Crippen molar-refractivity contribution in [2.45, 2.75) is 45.3 Å². The first-order chi connectivity index (χ1) is 14.8. The summed E-state index contributed by atoms with van der Waals surface area (Å²) in [6, 6.07) is 16.6. The van der Waals surface area contributed by atoms with Gasteiger partial charge in [0.2, 0.25) is 5.88 Å². The molecule has 0 bridgehead atoms. The lowest BCUT2D eigenvalue weighted by Crippen LogP contribution is -2.43. The van der Waals surface area contributed by atoms with Crippen molar-refractivity contribution in [1.29, 1.82) is 10.5 Å². The number of pyridine rings is 1. The Morgan fingerprint density at radius 1 is 1.10 bits per heavy atom. The molecule has 7 heteroatoms. The van der Waals surface area contributed by atoms with Crippen LogP contribution in [0.5, 0.6) is 5.88 Å². The minimum absolute atomic E-state index is 0.138. The maximum absolute atomic E-state index is 12.4. The highest BCUT2D eigenvalue weighted by atomic mass is 16.6. The Morgan fingerprint density at radius 2 is 1.77 bits per heavy atom. The fourth-order valence-electron chi connectivity index (χ4n) is 3.57. The van der Waals surface area contributed by atoms with E-state index in [2.05, 4.69) is 11.1 Å². The summed E-state index contributed by atoms with van der Waals surface area (Å²) in [6.45, 7) is 6.71. The molecular formula is C24H26N4O3. The van der Waals surface area contributed by atoms with Gasteiger partial charge in [-0.3, -0.25) is 0 Å². The first-order valence-corrected chi connectivity index (χ1v) is 10.3. The third-order valence-corrected chi connectivity index (χ3v) is 5.07. The van der Waals surface area contributed by atoms with E-state index in [1.807, 2.05) is 39.0 Å². The highest BCUT2D eigenvalue weighted by molar-refractivity contribution is 5.68. The first-order valence-electron chi connectivity index (χ1n) is 10.3. The van der Waals surface area contributed by atoms with Crippen LogP contribution in [-0.4, -0.2) is 34.7 Å². The normalized spacial score (nSPS) is 15.5. The average Bonchev–Trinajstić information content (AvgIpc) is 2.77. The van der Waals surface area contributed by atoms with Crippen molar-refractivity contribution in [1.82, 2.24) is 9.88 Å². The molecule has 1 aliphatic rings. The minimum Gasteiger partial charge on any atom is -0.469 e. The fraction of sp³-hybridized carbons (Fsp3) is 0.417. The molecule has 31 heavy (non-hydrogen) atoms. The molecule has 2 heterocycles. The van der Waals surface area contributed by atoms with Crippen LogP contribution in [0.2, 0.25) is 0 Å². The smallest absolute Gasteiger partial charge is 0.410 e. The topological polar surface area (TPSA) is 99.2 Å². The number of hydrogen-bond acceptors (Lipinski definition) is 6. The zero-order valence-corrected chi connectivity index (χ0v) is 18.0. The molecule has 0 radical (unpaired) electrons. The van der Waals surface area contributed by atoms with Gasteiger partial charge in [0, 0.05) is 25.1 Å². The minimum atomic E-state index is -0.528.